The Balaban J connectivity index is 1.61. The number of rotatable bonds is 6. The van der Waals surface area contributed by atoms with Crippen LogP contribution in [0.4, 0.5) is 0 Å². The van der Waals surface area contributed by atoms with Crippen molar-refractivity contribution in [2.24, 2.45) is 0 Å². The first-order valence-corrected chi connectivity index (χ1v) is 9.21. The van der Waals surface area contributed by atoms with Crippen LogP contribution in [0.5, 0.6) is 0 Å². The van der Waals surface area contributed by atoms with E-state index in [9.17, 15) is 14.7 Å². The minimum absolute atomic E-state index is 0.0806. The number of aliphatic carboxylic acids is 1. The summed E-state index contributed by atoms with van der Waals surface area (Å²) in [5, 5.41) is 16.6. The molecule has 2 aromatic rings. The fraction of sp³-hybridized carbons (Fsp3) is 0.474. The number of hydrogen-bond donors (Lipinski definition) is 2. The van der Waals surface area contributed by atoms with E-state index < -0.39 is 17.4 Å². The van der Waals surface area contributed by atoms with E-state index in [-0.39, 0.29) is 12.2 Å². The van der Waals surface area contributed by atoms with Crippen molar-refractivity contribution in [1.29, 1.82) is 0 Å². The Morgan fingerprint density at radius 3 is 2.56 bits per heavy atom. The number of carboxylic acid groups (broad SMARTS) is 1. The second kappa shape index (κ2) is 7.11. The highest BCUT2D eigenvalue weighted by atomic mass is 16.5. The Kier molecular flexibility index (Phi) is 4.65. The molecule has 1 amide bonds. The van der Waals surface area contributed by atoms with Crippen LogP contribution in [0.25, 0.3) is 5.69 Å². The number of carbonyl (C=O) groups is 2. The van der Waals surface area contributed by atoms with E-state index in [2.05, 4.69) is 15.4 Å². The Hall–Kier alpha value is -2.74. The minimum Gasteiger partial charge on any atom is -0.481 e. The van der Waals surface area contributed by atoms with Crippen LogP contribution in [0, 0.1) is 0 Å². The normalized spacial score (nSPS) is 18.8. The van der Waals surface area contributed by atoms with Crippen molar-refractivity contribution in [3.05, 3.63) is 42.0 Å². The molecule has 1 aromatic heterocycles. The van der Waals surface area contributed by atoms with E-state index >= 15 is 0 Å². The number of para-hydroxylation sites is 1. The average molecular weight is 370 g/mol. The second-order valence-corrected chi connectivity index (χ2v) is 7.23. The van der Waals surface area contributed by atoms with Crippen LogP contribution in [-0.2, 0) is 9.53 Å². The number of nitrogens with zero attached hydrogens (tertiary/aromatic N) is 3. The summed E-state index contributed by atoms with van der Waals surface area (Å²) in [5.41, 5.74) is 0.0383. The smallest absolute Gasteiger partial charge is 0.305 e. The first-order chi connectivity index (χ1) is 13.1. The van der Waals surface area contributed by atoms with Gasteiger partial charge in [0.15, 0.2) is 0 Å². The van der Waals surface area contributed by atoms with Gasteiger partial charge < -0.3 is 15.2 Å². The second-order valence-electron chi connectivity index (χ2n) is 7.23. The molecule has 1 aliphatic heterocycles. The highest BCUT2D eigenvalue weighted by molar-refractivity contribution is 5.91. The zero-order chi connectivity index (χ0) is 18.9. The summed E-state index contributed by atoms with van der Waals surface area (Å²) in [4.78, 5) is 28.6. The van der Waals surface area contributed by atoms with Gasteiger partial charge in [-0.15, -0.1) is 5.10 Å². The molecule has 1 aliphatic carbocycles. The fourth-order valence-corrected chi connectivity index (χ4v) is 3.48. The lowest BCUT2D eigenvalue weighted by atomic mass is 9.86. The molecule has 4 rings (SSSR count). The SMILES string of the molecule is O=C(O)CC1(NC(=O)c2nc(C3CC3)n(-c3ccccc3)n2)CCOCC1. The molecule has 1 aromatic carbocycles. The van der Waals surface area contributed by atoms with Gasteiger partial charge in [0.1, 0.15) is 5.82 Å². The highest BCUT2D eigenvalue weighted by Crippen LogP contribution is 2.39. The molecule has 8 heteroatoms. The molecular formula is C19H22N4O4. The lowest BCUT2D eigenvalue weighted by molar-refractivity contribution is -0.139. The summed E-state index contributed by atoms with van der Waals surface area (Å²) < 4.78 is 7.06. The average Bonchev–Trinajstić information content (AvgIpc) is 3.40. The standard InChI is InChI=1S/C19H22N4O4/c24-15(25)12-19(8-10-27-11-9-19)21-18(26)16-20-17(13-6-7-13)23(22-16)14-4-2-1-3-5-14/h1-5,13H,6-12H2,(H,21,26)(H,24,25). The van der Waals surface area contributed by atoms with Crippen molar-refractivity contribution in [3.63, 3.8) is 0 Å². The summed E-state index contributed by atoms with van der Waals surface area (Å²) in [6, 6.07) is 9.60. The number of carboxylic acids is 1. The number of ether oxygens (including phenoxy) is 1. The Morgan fingerprint density at radius 1 is 1.22 bits per heavy atom. The van der Waals surface area contributed by atoms with Crippen LogP contribution >= 0.6 is 0 Å². The van der Waals surface area contributed by atoms with Crippen LogP contribution in [-0.4, -0.2) is 50.5 Å². The molecule has 27 heavy (non-hydrogen) atoms. The van der Waals surface area contributed by atoms with E-state index in [1.807, 2.05) is 30.3 Å². The van der Waals surface area contributed by atoms with Gasteiger partial charge in [0.2, 0.25) is 5.82 Å². The highest BCUT2D eigenvalue weighted by Gasteiger charge is 2.38. The lowest BCUT2D eigenvalue weighted by Crippen LogP contribution is -2.53. The number of nitrogens with one attached hydrogen (secondary N) is 1. The Labute approximate surface area is 156 Å². The number of hydrogen-bond acceptors (Lipinski definition) is 5. The van der Waals surface area contributed by atoms with Crippen molar-refractivity contribution in [2.45, 2.75) is 43.6 Å². The van der Waals surface area contributed by atoms with Crippen LogP contribution < -0.4 is 5.32 Å². The van der Waals surface area contributed by atoms with Gasteiger partial charge in [-0.3, -0.25) is 9.59 Å². The largest absolute Gasteiger partial charge is 0.481 e. The zero-order valence-corrected chi connectivity index (χ0v) is 14.9. The molecule has 2 aliphatic rings. The summed E-state index contributed by atoms with van der Waals surface area (Å²) in [6.45, 7) is 0.847. The molecule has 0 unspecified atom stereocenters. The molecule has 0 spiro atoms. The van der Waals surface area contributed by atoms with Gasteiger partial charge in [-0.2, -0.15) is 0 Å². The van der Waals surface area contributed by atoms with Crippen LogP contribution in [0.3, 0.4) is 0 Å². The van der Waals surface area contributed by atoms with Gasteiger partial charge >= 0.3 is 5.97 Å². The molecule has 2 N–H and O–H groups in total. The molecule has 142 valence electrons. The Morgan fingerprint density at radius 2 is 1.93 bits per heavy atom. The molecule has 1 saturated heterocycles. The van der Waals surface area contributed by atoms with Crippen LogP contribution in [0.2, 0.25) is 0 Å². The molecule has 2 fully saturated rings. The maximum Gasteiger partial charge on any atom is 0.305 e. The predicted octanol–water partition coefficient (Wildman–Crippen LogP) is 1.90. The van der Waals surface area contributed by atoms with Crippen molar-refractivity contribution in [1.82, 2.24) is 20.1 Å². The summed E-state index contributed by atoms with van der Waals surface area (Å²) in [6.07, 6.45) is 2.84. The maximum absolute atomic E-state index is 12.9. The number of benzene rings is 1. The number of amides is 1. The van der Waals surface area contributed by atoms with Crippen LogP contribution in [0.1, 0.15) is 54.5 Å². The Bertz CT molecular complexity index is 839. The third-order valence-corrected chi connectivity index (χ3v) is 5.10. The maximum atomic E-state index is 12.9. The van der Waals surface area contributed by atoms with Gasteiger partial charge in [-0.05, 0) is 37.8 Å². The van der Waals surface area contributed by atoms with Gasteiger partial charge in [-0.25, -0.2) is 9.67 Å². The van der Waals surface area contributed by atoms with Gasteiger partial charge in [0, 0.05) is 19.1 Å². The van der Waals surface area contributed by atoms with Crippen molar-refractivity contribution in [3.8, 4) is 5.69 Å². The molecule has 1 saturated carbocycles. The fourth-order valence-electron chi connectivity index (χ4n) is 3.48. The van der Waals surface area contributed by atoms with Crippen LogP contribution in [0.15, 0.2) is 30.3 Å². The summed E-state index contributed by atoms with van der Waals surface area (Å²) in [5.74, 6) is -0.202. The lowest BCUT2D eigenvalue weighted by Gasteiger charge is -2.36. The molecule has 2 heterocycles. The number of carbonyl (C=O) groups excluding carboxylic acids is 1. The molecular weight excluding hydrogens is 348 g/mol. The third-order valence-electron chi connectivity index (χ3n) is 5.10. The van der Waals surface area contributed by atoms with Gasteiger partial charge in [-0.1, -0.05) is 18.2 Å². The predicted molar refractivity (Wildman–Crippen MR) is 95.8 cm³/mol. The summed E-state index contributed by atoms with van der Waals surface area (Å²) in [7, 11) is 0. The van der Waals surface area contributed by atoms with E-state index in [0.29, 0.717) is 32.0 Å². The monoisotopic (exact) mass is 370 g/mol. The minimum atomic E-state index is -0.946. The van der Waals surface area contributed by atoms with Crippen molar-refractivity contribution < 1.29 is 19.4 Å². The topological polar surface area (TPSA) is 106 Å². The summed E-state index contributed by atoms with van der Waals surface area (Å²) >= 11 is 0. The molecule has 0 radical (unpaired) electrons. The van der Waals surface area contributed by atoms with E-state index in [1.54, 1.807) is 4.68 Å². The zero-order valence-electron chi connectivity index (χ0n) is 14.9. The van der Waals surface area contributed by atoms with Gasteiger partial charge in [0.05, 0.1) is 17.6 Å². The van der Waals surface area contributed by atoms with Crippen molar-refractivity contribution >= 4 is 11.9 Å². The van der Waals surface area contributed by atoms with E-state index in [1.165, 1.54) is 0 Å². The van der Waals surface area contributed by atoms with Gasteiger partial charge in [0.25, 0.3) is 5.91 Å². The third kappa shape index (κ3) is 3.85. The molecule has 0 bridgehead atoms. The molecule has 0 atom stereocenters. The first-order valence-electron chi connectivity index (χ1n) is 9.21. The molecule has 8 nitrogen and oxygen atoms in total. The van der Waals surface area contributed by atoms with E-state index in [0.717, 1.165) is 24.4 Å². The quantitative estimate of drug-likeness (QED) is 0.804. The van der Waals surface area contributed by atoms with E-state index in [4.69, 9.17) is 4.74 Å². The number of aromatic nitrogens is 3. The first kappa shape index (κ1) is 17.7. The van der Waals surface area contributed by atoms with Crippen molar-refractivity contribution in [2.75, 3.05) is 13.2 Å².